The number of furan rings is 1. The van der Waals surface area contributed by atoms with Crippen molar-refractivity contribution in [2.75, 3.05) is 13.1 Å². The molecule has 1 unspecified atom stereocenters. The zero-order chi connectivity index (χ0) is 14.9. The molecule has 4 nitrogen and oxygen atoms in total. The van der Waals surface area contributed by atoms with Crippen LogP contribution in [0.25, 0.3) is 0 Å². The molecule has 1 fully saturated rings. The quantitative estimate of drug-likeness (QED) is 0.872. The molecule has 2 heterocycles. The second-order valence-corrected chi connectivity index (χ2v) is 7.57. The fraction of sp³-hybridized carbons (Fsp3) is 0.375. The summed E-state index contributed by atoms with van der Waals surface area (Å²) in [7, 11) is -3.26. The Balaban J connectivity index is 1.71. The van der Waals surface area contributed by atoms with Gasteiger partial charge in [-0.05, 0) is 31.0 Å². The van der Waals surface area contributed by atoms with E-state index in [1.54, 1.807) is 10.6 Å². The lowest BCUT2D eigenvalue weighted by molar-refractivity contribution is 0.444. The molecular weight excluding hydrogens is 286 g/mol. The SMILES string of the molecule is Cc1cccc(CS(=O)(=O)N2CCC(c3ccco3)C2)c1. The van der Waals surface area contributed by atoms with Gasteiger partial charge in [0.15, 0.2) is 0 Å². The van der Waals surface area contributed by atoms with E-state index >= 15 is 0 Å². The predicted octanol–water partition coefficient (Wildman–Crippen LogP) is 2.91. The van der Waals surface area contributed by atoms with E-state index in [-0.39, 0.29) is 11.7 Å². The van der Waals surface area contributed by atoms with Gasteiger partial charge in [-0.15, -0.1) is 0 Å². The Morgan fingerprint density at radius 2 is 2.14 bits per heavy atom. The van der Waals surface area contributed by atoms with Gasteiger partial charge in [-0.2, -0.15) is 0 Å². The van der Waals surface area contributed by atoms with Crippen molar-refractivity contribution < 1.29 is 12.8 Å². The molecule has 1 aromatic heterocycles. The number of aryl methyl sites for hydroxylation is 1. The summed E-state index contributed by atoms with van der Waals surface area (Å²) < 4.78 is 32.0. The summed E-state index contributed by atoms with van der Waals surface area (Å²) in [6.45, 7) is 3.06. The Morgan fingerprint density at radius 3 is 2.86 bits per heavy atom. The van der Waals surface area contributed by atoms with Crippen LogP contribution >= 0.6 is 0 Å². The Bertz CT molecular complexity index is 707. The van der Waals surface area contributed by atoms with Gasteiger partial charge >= 0.3 is 0 Å². The largest absolute Gasteiger partial charge is 0.469 e. The van der Waals surface area contributed by atoms with E-state index in [4.69, 9.17) is 4.42 Å². The van der Waals surface area contributed by atoms with Crippen LogP contribution in [0.2, 0.25) is 0 Å². The Kier molecular flexibility index (Phi) is 3.87. The second-order valence-electron chi connectivity index (χ2n) is 5.60. The van der Waals surface area contributed by atoms with E-state index in [1.807, 2.05) is 43.3 Å². The lowest BCUT2D eigenvalue weighted by Gasteiger charge is -2.16. The Hall–Kier alpha value is -1.59. The highest BCUT2D eigenvalue weighted by Crippen LogP contribution is 2.30. The number of hydrogen-bond donors (Lipinski definition) is 0. The van der Waals surface area contributed by atoms with Crippen LogP contribution in [0.4, 0.5) is 0 Å². The first kappa shape index (κ1) is 14.4. The van der Waals surface area contributed by atoms with Gasteiger partial charge < -0.3 is 4.42 Å². The first-order chi connectivity index (χ1) is 10.0. The summed E-state index contributed by atoms with van der Waals surface area (Å²) in [4.78, 5) is 0. The summed E-state index contributed by atoms with van der Waals surface area (Å²) in [5.74, 6) is 1.12. The summed E-state index contributed by atoms with van der Waals surface area (Å²) in [5, 5.41) is 0. The van der Waals surface area contributed by atoms with Crippen molar-refractivity contribution in [1.29, 1.82) is 0 Å². The molecule has 3 rings (SSSR count). The van der Waals surface area contributed by atoms with Gasteiger partial charge in [-0.25, -0.2) is 12.7 Å². The van der Waals surface area contributed by atoms with E-state index in [0.29, 0.717) is 13.1 Å². The maximum absolute atomic E-state index is 12.5. The molecule has 0 aliphatic carbocycles. The van der Waals surface area contributed by atoms with Crippen LogP contribution in [-0.4, -0.2) is 25.8 Å². The van der Waals surface area contributed by atoms with E-state index in [1.165, 1.54) is 0 Å². The molecule has 5 heteroatoms. The number of hydrogen-bond acceptors (Lipinski definition) is 3. The van der Waals surface area contributed by atoms with Gasteiger partial charge in [0.2, 0.25) is 10.0 Å². The topological polar surface area (TPSA) is 50.5 Å². The lowest BCUT2D eigenvalue weighted by Crippen LogP contribution is -2.29. The van der Waals surface area contributed by atoms with E-state index in [9.17, 15) is 8.42 Å². The predicted molar refractivity (Wildman–Crippen MR) is 81.4 cm³/mol. The molecule has 0 saturated carbocycles. The summed E-state index contributed by atoms with van der Waals surface area (Å²) in [6.07, 6.45) is 2.46. The average molecular weight is 305 g/mol. The first-order valence-electron chi connectivity index (χ1n) is 7.11. The highest BCUT2D eigenvalue weighted by molar-refractivity contribution is 7.88. The molecule has 1 saturated heterocycles. The number of benzene rings is 1. The van der Waals surface area contributed by atoms with E-state index in [0.717, 1.165) is 23.3 Å². The van der Waals surface area contributed by atoms with Crippen LogP contribution in [-0.2, 0) is 15.8 Å². The van der Waals surface area contributed by atoms with Gasteiger partial charge in [-0.3, -0.25) is 0 Å². The molecule has 112 valence electrons. The standard InChI is InChI=1S/C16H19NO3S/c1-13-4-2-5-14(10-13)12-21(18,19)17-8-7-15(11-17)16-6-3-9-20-16/h2-6,9-10,15H,7-8,11-12H2,1H3. The first-order valence-corrected chi connectivity index (χ1v) is 8.72. The molecule has 2 aromatic rings. The van der Waals surface area contributed by atoms with Gasteiger partial charge in [0.25, 0.3) is 0 Å². The third kappa shape index (κ3) is 3.19. The van der Waals surface area contributed by atoms with E-state index < -0.39 is 10.0 Å². The fourth-order valence-electron chi connectivity index (χ4n) is 2.84. The molecule has 1 aromatic carbocycles. The van der Waals surface area contributed by atoms with Crippen LogP contribution in [0, 0.1) is 6.92 Å². The minimum Gasteiger partial charge on any atom is -0.469 e. The van der Waals surface area contributed by atoms with Crippen molar-refractivity contribution in [2.45, 2.75) is 25.0 Å². The van der Waals surface area contributed by atoms with Crippen LogP contribution in [0.1, 0.15) is 29.2 Å². The van der Waals surface area contributed by atoms with Gasteiger partial charge in [0.05, 0.1) is 12.0 Å². The zero-order valence-corrected chi connectivity index (χ0v) is 12.8. The molecular formula is C16H19NO3S. The number of sulfonamides is 1. The van der Waals surface area contributed by atoms with Crippen LogP contribution in [0.5, 0.6) is 0 Å². The third-order valence-electron chi connectivity index (χ3n) is 3.92. The summed E-state index contributed by atoms with van der Waals surface area (Å²) in [6, 6.07) is 11.4. The maximum Gasteiger partial charge on any atom is 0.218 e. The van der Waals surface area contributed by atoms with E-state index in [2.05, 4.69) is 0 Å². The highest BCUT2D eigenvalue weighted by atomic mass is 32.2. The van der Waals surface area contributed by atoms with Crippen LogP contribution in [0.15, 0.2) is 47.1 Å². The minimum atomic E-state index is -3.26. The molecule has 0 radical (unpaired) electrons. The van der Waals surface area contributed by atoms with Crippen molar-refractivity contribution in [1.82, 2.24) is 4.31 Å². The van der Waals surface area contributed by atoms with Gasteiger partial charge in [0, 0.05) is 19.0 Å². The summed E-state index contributed by atoms with van der Waals surface area (Å²) >= 11 is 0. The molecule has 1 aliphatic rings. The molecule has 0 amide bonds. The van der Waals surface area contributed by atoms with Crippen molar-refractivity contribution in [3.8, 4) is 0 Å². The molecule has 0 spiro atoms. The smallest absolute Gasteiger partial charge is 0.218 e. The number of nitrogens with zero attached hydrogens (tertiary/aromatic N) is 1. The Labute approximate surface area is 125 Å². The van der Waals surface area contributed by atoms with Gasteiger partial charge in [-0.1, -0.05) is 29.8 Å². The molecule has 21 heavy (non-hydrogen) atoms. The third-order valence-corrected chi connectivity index (χ3v) is 5.74. The zero-order valence-electron chi connectivity index (χ0n) is 12.0. The molecule has 0 N–H and O–H groups in total. The molecule has 1 atom stereocenters. The van der Waals surface area contributed by atoms with Crippen molar-refractivity contribution in [3.63, 3.8) is 0 Å². The van der Waals surface area contributed by atoms with Crippen molar-refractivity contribution in [2.24, 2.45) is 0 Å². The highest BCUT2D eigenvalue weighted by Gasteiger charge is 2.33. The monoisotopic (exact) mass is 305 g/mol. The lowest BCUT2D eigenvalue weighted by atomic mass is 10.1. The van der Waals surface area contributed by atoms with Crippen LogP contribution in [0.3, 0.4) is 0 Å². The van der Waals surface area contributed by atoms with Crippen LogP contribution < -0.4 is 0 Å². The molecule has 1 aliphatic heterocycles. The normalized spacial score (nSPS) is 20.0. The maximum atomic E-state index is 12.5. The summed E-state index contributed by atoms with van der Waals surface area (Å²) in [5.41, 5.74) is 1.93. The van der Waals surface area contributed by atoms with Crippen molar-refractivity contribution >= 4 is 10.0 Å². The number of rotatable bonds is 4. The van der Waals surface area contributed by atoms with Gasteiger partial charge in [0.1, 0.15) is 5.76 Å². The Morgan fingerprint density at radius 1 is 1.29 bits per heavy atom. The molecule has 0 bridgehead atoms. The second kappa shape index (κ2) is 5.66. The van der Waals surface area contributed by atoms with Crippen molar-refractivity contribution in [3.05, 3.63) is 59.5 Å². The average Bonchev–Trinajstić information content (AvgIpc) is 3.10. The fourth-order valence-corrected chi connectivity index (χ4v) is 4.41. The minimum absolute atomic E-state index is 0.0690.